The number of carboxylic acids is 1. The Bertz CT molecular complexity index is 1450. The van der Waals surface area contributed by atoms with Crippen molar-refractivity contribution in [3.05, 3.63) is 101 Å². The number of oxazole rings is 1. The number of hydrogen-bond donors (Lipinski definition) is 2. The Balaban J connectivity index is 1.41. The minimum atomic E-state index is -4.11. The van der Waals surface area contributed by atoms with E-state index in [4.69, 9.17) is 9.15 Å². The molecular weight excluding hydrogens is 494 g/mol. The van der Waals surface area contributed by atoms with Crippen LogP contribution in [0.3, 0.4) is 0 Å². The molecule has 3 aromatic carbocycles. The molecule has 192 valence electrons. The van der Waals surface area contributed by atoms with Gasteiger partial charge in [0, 0.05) is 17.8 Å². The first-order valence-corrected chi connectivity index (χ1v) is 12.9. The SMILES string of the molecule is Cc1ccc(NS(=O)(=O)N(CC(=O)O)Cc2ccc(OCc3nc(-c4ccccc4)oc3C)cc2)cc1. The number of aliphatic carboxylic acids is 1. The Morgan fingerprint density at radius 2 is 1.68 bits per heavy atom. The summed E-state index contributed by atoms with van der Waals surface area (Å²) in [5.74, 6) is 0.474. The summed E-state index contributed by atoms with van der Waals surface area (Å²) in [5.41, 5.74) is 3.47. The lowest BCUT2D eigenvalue weighted by atomic mass is 10.2. The summed E-state index contributed by atoms with van der Waals surface area (Å²) in [6.45, 7) is 3.09. The van der Waals surface area contributed by atoms with E-state index in [1.54, 1.807) is 48.5 Å². The first-order chi connectivity index (χ1) is 17.7. The number of rotatable bonds is 11. The van der Waals surface area contributed by atoms with E-state index in [1.165, 1.54) is 0 Å². The van der Waals surface area contributed by atoms with E-state index < -0.39 is 22.7 Å². The predicted octanol–water partition coefficient (Wildman–Crippen LogP) is 4.78. The minimum absolute atomic E-state index is 0.128. The molecule has 4 rings (SSSR count). The number of anilines is 1. The molecule has 2 N–H and O–H groups in total. The molecule has 0 saturated carbocycles. The van der Waals surface area contributed by atoms with Gasteiger partial charge in [-0.3, -0.25) is 9.52 Å². The van der Waals surface area contributed by atoms with E-state index in [9.17, 15) is 18.3 Å². The van der Waals surface area contributed by atoms with Crippen LogP contribution in [0.5, 0.6) is 5.75 Å². The summed E-state index contributed by atoms with van der Waals surface area (Å²) in [6, 6.07) is 23.1. The van der Waals surface area contributed by atoms with Crippen LogP contribution in [0.2, 0.25) is 0 Å². The number of aryl methyl sites for hydroxylation is 2. The van der Waals surface area contributed by atoms with Crippen LogP contribution in [0.4, 0.5) is 5.69 Å². The van der Waals surface area contributed by atoms with Crippen molar-refractivity contribution in [3.8, 4) is 17.2 Å². The van der Waals surface area contributed by atoms with Crippen molar-refractivity contribution in [2.24, 2.45) is 0 Å². The molecule has 0 spiro atoms. The highest BCUT2D eigenvalue weighted by Gasteiger charge is 2.25. The third-order valence-corrected chi connectivity index (χ3v) is 6.95. The van der Waals surface area contributed by atoms with Crippen LogP contribution < -0.4 is 9.46 Å². The Hall–Kier alpha value is -4.15. The van der Waals surface area contributed by atoms with Crippen molar-refractivity contribution in [1.29, 1.82) is 0 Å². The van der Waals surface area contributed by atoms with Gasteiger partial charge in [-0.25, -0.2) is 4.98 Å². The van der Waals surface area contributed by atoms with Gasteiger partial charge in [0.15, 0.2) is 0 Å². The van der Waals surface area contributed by atoms with Crippen LogP contribution in [0.25, 0.3) is 11.5 Å². The molecule has 0 bridgehead atoms. The molecule has 0 unspecified atom stereocenters. The molecule has 0 fully saturated rings. The summed E-state index contributed by atoms with van der Waals surface area (Å²) >= 11 is 0. The predicted molar refractivity (Wildman–Crippen MR) is 139 cm³/mol. The number of carboxylic acid groups (broad SMARTS) is 1. The normalized spacial score (nSPS) is 11.4. The number of benzene rings is 3. The fourth-order valence-corrected chi connectivity index (χ4v) is 4.69. The molecule has 0 radical (unpaired) electrons. The molecule has 1 heterocycles. The highest BCUT2D eigenvalue weighted by molar-refractivity contribution is 7.90. The maximum atomic E-state index is 12.9. The highest BCUT2D eigenvalue weighted by Crippen LogP contribution is 2.23. The number of ether oxygens (including phenoxy) is 1. The molecule has 0 aliphatic heterocycles. The highest BCUT2D eigenvalue weighted by atomic mass is 32.2. The first-order valence-electron chi connectivity index (χ1n) is 11.5. The van der Waals surface area contributed by atoms with Crippen LogP contribution in [0, 0.1) is 13.8 Å². The fourth-order valence-electron chi connectivity index (χ4n) is 3.52. The molecule has 0 saturated heterocycles. The van der Waals surface area contributed by atoms with E-state index in [-0.39, 0.29) is 13.2 Å². The molecule has 1 aromatic heterocycles. The van der Waals surface area contributed by atoms with Crippen LogP contribution in [-0.4, -0.2) is 35.3 Å². The summed E-state index contributed by atoms with van der Waals surface area (Å²) in [4.78, 5) is 15.9. The van der Waals surface area contributed by atoms with Gasteiger partial charge in [-0.05, 0) is 55.8 Å². The first kappa shape index (κ1) is 25.9. The van der Waals surface area contributed by atoms with Crippen LogP contribution in [-0.2, 0) is 28.2 Å². The second kappa shape index (κ2) is 11.3. The summed E-state index contributed by atoms with van der Waals surface area (Å²) in [6.07, 6.45) is 0. The fraction of sp³-hybridized carbons (Fsp3) is 0.185. The van der Waals surface area contributed by atoms with Crippen molar-refractivity contribution in [2.45, 2.75) is 27.0 Å². The van der Waals surface area contributed by atoms with Crippen molar-refractivity contribution >= 4 is 21.9 Å². The van der Waals surface area contributed by atoms with E-state index in [0.29, 0.717) is 34.3 Å². The van der Waals surface area contributed by atoms with E-state index in [1.807, 2.05) is 44.2 Å². The smallest absolute Gasteiger partial charge is 0.318 e. The van der Waals surface area contributed by atoms with Gasteiger partial charge in [0.2, 0.25) is 5.89 Å². The van der Waals surface area contributed by atoms with Gasteiger partial charge >= 0.3 is 16.2 Å². The molecule has 0 aliphatic carbocycles. The van der Waals surface area contributed by atoms with Crippen LogP contribution in [0.15, 0.2) is 83.3 Å². The molecule has 4 aromatic rings. The van der Waals surface area contributed by atoms with Gasteiger partial charge in [-0.1, -0.05) is 48.0 Å². The van der Waals surface area contributed by atoms with Gasteiger partial charge < -0.3 is 14.3 Å². The Morgan fingerprint density at radius 3 is 2.32 bits per heavy atom. The maximum absolute atomic E-state index is 12.9. The number of carbonyl (C=O) groups is 1. The van der Waals surface area contributed by atoms with Crippen LogP contribution >= 0.6 is 0 Å². The van der Waals surface area contributed by atoms with E-state index in [2.05, 4.69) is 9.71 Å². The number of nitrogens with zero attached hydrogens (tertiary/aromatic N) is 2. The Morgan fingerprint density at radius 1 is 1.00 bits per heavy atom. The Kier molecular flexibility index (Phi) is 7.90. The molecule has 9 nitrogen and oxygen atoms in total. The second-order valence-corrected chi connectivity index (χ2v) is 10.1. The van der Waals surface area contributed by atoms with Gasteiger partial charge in [0.25, 0.3) is 0 Å². The van der Waals surface area contributed by atoms with Gasteiger partial charge in [0.05, 0.1) is 0 Å². The molecule has 10 heteroatoms. The third-order valence-electron chi connectivity index (χ3n) is 5.52. The lowest BCUT2D eigenvalue weighted by molar-refractivity contribution is -0.137. The zero-order valence-corrected chi connectivity index (χ0v) is 21.2. The van der Waals surface area contributed by atoms with Gasteiger partial charge in [-0.2, -0.15) is 12.7 Å². The maximum Gasteiger partial charge on any atom is 0.318 e. The largest absolute Gasteiger partial charge is 0.487 e. The lowest BCUT2D eigenvalue weighted by Crippen LogP contribution is -2.39. The molecular formula is C27H27N3O6S. The summed E-state index contributed by atoms with van der Waals surface area (Å²) in [7, 11) is -4.11. The van der Waals surface area contributed by atoms with Crippen molar-refractivity contribution in [3.63, 3.8) is 0 Å². The summed E-state index contributed by atoms with van der Waals surface area (Å²) in [5, 5.41) is 9.28. The molecule has 0 amide bonds. The topological polar surface area (TPSA) is 122 Å². The van der Waals surface area contributed by atoms with Crippen molar-refractivity contribution in [1.82, 2.24) is 9.29 Å². The van der Waals surface area contributed by atoms with Gasteiger partial charge in [-0.15, -0.1) is 0 Å². The molecule has 0 aliphatic rings. The standard InChI is InChI=1S/C27H27N3O6S/c1-19-8-12-23(13-9-19)29-37(33,34)30(17-26(31)32)16-21-10-14-24(15-11-21)35-18-25-20(2)36-27(28-25)22-6-4-3-5-7-22/h3-15,29H,16-18H2,1-2H3,(H,31,32). The third kappa shape index (κ3) is 6.96. The quantitative estimate of drug-likeness (QED) is 0.291. The zero-order valence-electron chi connectivity index (χ0n) is 20.4. The second-order valence-electron chi connectivity index (χ2n) is 8.46. The lowest BCUT2D eigenvalue weighted by Gasteiger charge is -2.21. The van der Waals surface area contributed by atoms with Gasteiger partial charge in [0.1, 0.15) is 30.4 Å². The average molecular weight is 522 g/mol. The zero-order chi connectivity index (χ0) is 26.4. The summed E-state index contributed by atoms with van der Waals surface area (Å²) < 4.78 is 40.7. The molecule has 37 heavy (non-hydrogen) atoms. The number of hydrogen-bond acceptors (Lipinski definition) is 6. The number of nitrogens with one attached hydrogen (secondary N) is 1. The monoisotopic (exact) mass is 521 g/mol. The Labute approximate surface area is 215 Å². The average Bonchev–Trinajstić information content (AvgIpc) is 3.25. The van der Waals surface area contributed by atoms with E-state index in [0.717, 1.165) is 15.4 Å². The van der Waals surface area contributed by atoms with E-state index >= 15 is 0 Å². The minimum Gasteiger partial charge on any atom is -0.487 e. The number of aromatic nitrogens is 1. The molecule has 0 atom stereocenters. The van der Waals surface area contributed by atoms with Crippen LogP contribution in [0.1, 0.15) is 22.6 Å². The van der Waals surface area contributed by atoms with Crippen molar-refractivity contribution < 1.29 is 27.5 Å². The van der Waals surface area contributed by atoms with Crippen molar-refractivity contribution in [2.75, 3.05) is 11.3 Å².